The molecular formula is C13H23NO4. The molecule has 2 atom stereocenters. The fourth-order valence-electron chi connectivity index (χ4n) is 2.19. The minimum Gasteiger partial charge on any atom is -0.480 e. The van der Waals surface area contributed by atoms with E-state index in [1.807, 2.05) is 0 Å². The zero-order chi connectivity index (χ0) is 13.4. The molecule has 0 saturated carbocycles. The summed E-state index contributed by atoms with van der Waals surface area (Å²) in [5.41, 5.74) is 0. The van der Waals surface area contributed by atoms with Gasteiger partial charge in [0, 0.05) is 18.9 Å². The maximum absolute atomic E-state index is 11.7. The number of nitrogens with one attached hydrogen (secondary N) is 1. The highest BCUT2D eigenvalue weighted by atomic mass is 16.5. The van der Waals surface area contributed by atoms with Crippen LogP contribution in [-0.4, -0.2) is 36.2 Å². The van der Waals surface area contributed by atoms with Crippen molar-refractivity contribution in [3.05, 3.63) is 0 Å². The van der Waals surface area contributed by atoms with Crippen LogP contribution in [0.5, 0.6) is 0 Å². The first-order chi connectivity index (χ1) is 8.65. The van der Waals surface area contributed by atoms with Gasteiger partial charge in [-0.3, -0.25) is 4.79 Å². The lowest BCUT2D eigenvalue weighted by Gasteiger charge is -2.28. The number of hydrogen-bond acceptors (Lipinski definition) is 3. The van der Waals surface area contributed by atoms with Crippen LogP contribution in [-0.2, 0) is 14.3 Å². The molecule has 1 fully saturated rings. The van der Waals surface area contributed by atoms with Crippen molar-refractivity contribution in [1.82, 2.24) is 5.32 Å². The van der Waals surface area contributed by atoms with Gasteiger partial charge in [-0.25, -0.2) is 4.79 Å². The van der Waals surface area contributed by atoms with Crippen molar-refractivity contribution >= 4 is 11.9 Å². The highest BCUT2D eigenvalue weighted by Gasteiger charge is 2.30. The van der Waals surface area contributed by atoms with Gasteiger partial charge >= 0.3 is 5.97 Å². The summed E-state index contributed by atoms with van der Waals surface area (Å²) in [5.74, 6) is -1.23. The van der Waals surface area contributed by atoms with Crippen LogP contribution < -0.4 is 5.32 Å². The summed E-state index contributed by atoms with van der Waals surface area (Å²) >= 11 is 0. The maximum Gasteiger partial charge on any atom is 0.326 e. The average molecular weight is 257 g/mol. The summed E-state index contributed by atoms with van der Waals surface area (Å²) < 4.78 is 5.28. The normalized spacial score (nSPS) is 21.3. The molecule has 0 aromatic carbocycles. The molecule has 2 N–H and O–H groups in total. The predicted octanol–water partition coefficient (Wildman–Crippen LogP) is 1.56. The molecule has 1 rings (SSSR count). The lowest BCUT2D eigenvalue weighted by Crippen LogP contribution is -2.48. The van der Waals surface area contributed by atoms with Gasteiger partial charge in [0.15, 0.2) is 0 Å². The van der Waals surface area contributed by atoms with Crippen molar-refractivity contribution in [3.63, 3.8) is 0 Å². The van der Waals surface area contributed by atoms with E-state index in [-0.39, 0.29) is 11.8 Å². The number of rotatable bonds is 7. The number of amides is 1. The van der Waals surface area contributed by atoms with Gasteiger partial charge in [-0.15, -0.1) is 0 Å². The van der Waals surface area contributed by atoms with Gasteiger partial charge < -0.3 is 15.2 Å². The monoisotopic (exact) mass is 257 g/mol. The van der Waals surface area contributed by atoms with Crippen molar-refractivity contribution in [2.75, 3.05) is 13.2 Å². The third kappa shape index (κ3) is 5.04. The van der Waals surface area contributed by atoms with E-state index in [1.54, 1.807) is 0 Å². The number of carboxylic acids is 1. The molecule has 1 saturated heterocycles. The van der Waals surface area contributed by atoms with Crippen LogP contribution in [0.15, 0.2) is 0 Å². The van der Waals surface area contributed by atoms with Crippen LogP contribution in [0.3, 0.4) is 0 Å². The third-order valence-corrected chi connectivity index (χ3v) is 3.26. The lowest BCUT2D eigenvalue weighted by molar-refractivity contribution is -0.145. The Labute approximate surface area is 108 Å². The smallest absolute Gasteiger partial charge is 0.326 e. The number of ether oxygens (including phenoxy) is 1. The minimum absolute atomic E-state index is 0.105. The molecule has 18 heavy (non-hydrogen) atoms. The fourth-order valence-corrected chi connectivity index (χ4v) is 2.19. The van der Waals surface area contributed by atoms with Crippen LogP contribution in [0.25, 0.3) is 0 Å². The van der Waals surface area contributed by atoms with Crippen LogP contribution in [0, 0.1) is 5.92 Å². The Kier molecular flexibility index (Phi) is 6.72. The summed E-state index contributed by atoms with van der Waals surface area (Å²) in [7, 11) is 0. The number of carbonyl (C=O) groups excluding carboxylic acids is 1. The summed E-state index contributed by atoms with van der Waals surface area (Å²) in [5, 5.41) is 11.8. The molecule has 0 radical (unpaired) electrons. The van der Waals surface area contributed by atoms with Crippen LogP contribution in [0.1, 0.15) is 45.4 Å². The molecule has 2 unspecified atom stereocenters. The summed E-state index contributed by atoms with van der Waals surface area (Å²) in [6.07, 6.45) is 4.93. The Hall–Kier alpha value is -1.10. The van der Waals surface area contributed by atoms with Crippen molar-refractivity contribution in [3.8, 4) is 0 Å². The fraction of sp³-hybridized carbons (Fsp3) is 0.846. The first kappa shape index (κ1) is 15.0. The summed E-state index contributed by atoms with van der Waals surface area (Å²) in [4.78, 5) is 22.9. The molecular weight excluding hydrogens is 234 g/mol. The van der Waals surface area contributed by atoms with Gasteiger partial charge in [0.25, 0.3) is 0 Å². The van der Waals surface area contributed by atoms with Crippen LogP contribution >= 0.6 is 0 Å². The van der Waals surface area contributed by atoms with Gasteiger partial charge in [-0.2, -0.15) is 0 Å². The molecule has 1 amide bonds. The molecule has 104 valence electrons. The Balaban J connectivity index is 2.41. The molecule has 5 nitrogen and oxygen atoms in total. The maximum atomic E-state index is 11.7. The molecule has 1 aliphatic heterocycles. The Bertz CT molecular complexity index is 274. The Morgan fingerprint density at radius 2 is 2.22 bits per heavy atom. The SMILES string of the molecule is CCCCCC(=O)NC(C(=O)O)C1CCCOC1. The average Bonchev–Trinajstić information content (AvgIpc) is 2.37. The van der Waals surface area contributed by atoms with Gasteiger partial charge in [0.1, 0.15) is 6.04 Å². The second-order valence-electron chi connectivity index (χ2n) is 4.82. The quantitative estimate of drug-likeness (QED) is 0.679. The van der Waals surface area contributed by atoms with Crippen molar-refractivity contribution in [2.45, 2.75) is 51.5 Å². The third-order valence-electron chi connectivity index (χ3n) is 3.26. The standard InChI is InChI=1S/C13H23NO4/c1-2-3-4-7-11(15)14-12(13(16)17)10-6-5-8-18-9-10/h10,12H,2-9H2,1H3,(H,14,15)(H,16,17). The molecule has 1 heterocycles. The van der Waals surface area contributed by atoms with Crippen LogP contribution in [0.2, 0.25) is 0 Å². The van der Waals surface area contributed by atoms with Crippen molar-refractivity contribution < 1.29 is 19.4 Å². The van der Waals surface area contributed by atoms with E-state index in [0.29, 0.717) is 19.6 Å². The van der Waals surface area contributed by atoms with Crippen LogP contribution in [0.4, 0.5) is 0 Å². The zero-order valence-electron chi connectivity index (χ0n) is 11.0. The number of carbonyl (C=O) groups is 2. The molecule has 0 aliphatic carbocycles. The molecule has 1 aliphatic rings. The Morgan fingerprint density at radius 3 is 2.78 bits per heavy atom. The van der Waals surface area contributed by atoms with Gasteiger partial charge in [0.2, 0.25) is 5.91 Å². The lowest BCUT2D eigenvalue weighted by atomic mass is 9.93. The first-order valence-corrected chi connectivity index (χ1v) is 6.75. The van der Waals surface area contributed by atoms with E-state index >= 15 is 0 Å². The number of aliphatic carboxylic acids is 1. The van der Waals surface area contributed by atoms with Gasteiger partial charge in [-0.05, 0) is 19.3 Å². The minimum atomic E-state index is -0.964. The molecule has 0 spiro atoms. The van der Waals surface area contributed by atoms with E-state index in [2.05, 4.69) is 12.2 Å². The summed E-state index contributed by atoms with van der Waals surface area (Å²) in [6, 6.07) is -0.806. The number of carboxylic acid groups (broad SMARTS) is 1. The highest BCUT2D eigenvalue weighted by molar-refractivity contribution is 5.83. The number of unbranched alkanes of at least 4 members (excludes halogenated alkanes) is 2. The van der Waals surface area contributed by atoms with Gasteiger partial charge in [-0.1, -0.05) is 19.8 Å². The van der Waals surface area contributed by atoms with E-state index in [0.717, 1.165) is 32.1 Å². The van der Waals surface area contributed by atoms with E-state index in [9.17, 15) is 14.7 Å². The molecule has 0 aromatic rings. The topological polar surface area (TPSA) is 75.6 Å². The predicted molar refractivity (Wildman–Crippen MR) is 67.3 cm³/mol. The molecule has 0 bridgehead atoms. The largest absolute Gasteiger partial charge is 0.480 e. The first-order valence-electron chi connectivity index (χ1n) is 6.75. The van der Waals surface area contributed by atoms with Gasteiger partial charge in [0.05, 0.1) is 6.61 Å². The second kappa shape index (κ2) is 8.08. The zero-order valence-corrected chi connectivity index (χ0v) is 11.0. The van der Waals surface area contributed by atoms with E-state index in [1.165, 1.54) is 0 Å². The molecule has 0 aromatic heterocycles. The number of hydrogen-bond donors (Lipinski definition) is 2. The molecule has 5 heteroatoms. The van der Waals surface area contributed by atoms with E-state index in [4.69, 9.17) is 4.74 Å². The Morgan fingerprint density at radius 1 is 1.44 bits per heavy atom. The van der Waals surface area contributed by atoms with Crippen molar-refractivity contribution in [2.24, 2.45) is 5.92 Å². The van der Waals surface area contributed by atoms with Crippen molar-refractivity contribution in [1.29, 1.82) is 0 Å². The second-order valence-corrected chi connectivity index (χ2v) is 4.82. The van der Waals surface area contributed by atoms with E-state index < -0.39 is 12.0 Å². The summed E-state index contributed by atoms with van der Waals surface area (Å²) in [6.45, 7) is 3.18. The highest BCUT2D eigenvalue weighted by Crippen LogP contribution is 2.18.